The molecule has 0 saturated carbocycles. The van der Waals surface area contributed by atoms with Crippen molar-refractivity contribution in [2.75, 3.05) is 13.2 Å². The van der Waals surface area contributed by atoms with Crippen LogP contribution in [0.1, 0.15) is 48.4 Å². The fourth-order valence-corrected chi connectivity index (χ4v) is 3.60. The average Bonchev–Trinajstić information content (AvgIpc) is 3.85. The van der Waals surface area contributed by atoms with Crippen molar-refractivity contribution in [3.05, 3.63) is 83.9 Å². The summed E-state index contributed by atoms with van der Waals surface area (Å²) in [5.41, 5.74) is 0.120. The molecular weight excluding hydrogens is 488 g/mol. The van der Waals surface area contributed by atoms with Crippen LogP contribution in [0.25, 0.3) is 0 Å². The first-order valence-corrected chi connectivity index (χ1v) is 12.5. The van der Waals surface area contributed by atoms with Gasteiger partial charge in [0.1, 0.15) is 46.4 Å². The van der Waals surface area contributed by atoms with E-state index in [-0.39, 0.29) is 23.4 Å². The molecule has 38 heavy (non-hydrogen) atoms. The van der Waals surface area contributed by atoms with Gasteiger partial charge in [0.15, 0.2) is 0 Å². The summed E-state index contributed by atoms with van der Waals surface area (Å²) >= 11 is 0. The van der Waals surface area contributed by atoms with Crippen LogP contribution in [-0.4, -0.2) is 48.6 Å². The largest absolute Gasteiger partial charge is 0.488 e. The molecule has 4 unspecified atom stereocenters. The van der Waals surface area contributed by atoms with E-state index >= 15 is 0 Å². The highest BCUT2D eigenvalue weighted by atomic mass is 16.6. The molecule has 0 spiro atoms. The summed E-state index contributed by atoms with van der Waals surface area (Å²) < 4.78 is 33.5. The molecule has 5 rings (SSSR count). The van der Waals surface area contributed by atoms with Gasteiger partial charge in [-0.2, -0.15) is 0 Å². The van der Waals surface area contributed by atoms with Crippen LogP contribution < -0.4 is 18.9 Å². The second kappa shape index (κ2) is 10.1. The van der Waals surface area contributed by atoms with Crippen LogP contribution in [0.4, 0.5) is 0 Å². The SMILES string of the molecule is CC(Oc1ccc(OC(=O)c2ccc(C(=O)Oc3ccc(OC(C)C4(C)CO4)cc3)cc2)cc1)C1(C)CO1. The number of hydrogen-bond acceptors (Lipinski definition) is 8. The van der Waals surface area contributed by atoms with E-state index in [1.54, 1.807) is 48.5 Å². The maximum Gasteiger partial charge on any atom is 0.343 e. The first-order chi connectivity index (χ1) is 18.1. The Hall–Kier alpha value is -3.88. The Labute approximate surface area is 221 Å². The van der Waals surface area contributed by atoms with Crippen LogP contribution in [0.3, 0.4) is 0 Å². The first-order valence-electron chi connectivity index (χ1n) is 12.5. The van der Waals surface area contributed by atoms with Crippen molar-refractivity contribution in [1.29, 1.82) is 0 Å². The number of carbonyl (C=O) groups is 2. The van der Waals surface area contributed by atoms with Crippen LogP contribution >= 0.6 is 0 Å². The summed E-state index contributed by atoms with van der Waals surface area (Å²) in [6.07, 6.45) is -0.177. The molecule has 0 N–H and O–H groups in total. The highest BCUT2D eigenvalue weighted by Crippen LogP contribution is 2.34. The zero-order chi connectivity index (χ0) is 26.9. The molecule has 4 atom stereocenters. The minimum atomic E-state index is -0.541. The third-order valence-corrected chi connectivity index (χ3v) is 6.97. The Balaban J connectivity index is 1.12. The molecule has 0 radical (unpaired) electrons. The molecular formula is C30H30O8. The van der Waals surface area contributed by atoms with Gasteiger partial charge in [0.25, 0.3) is 0 Å². The van der Waals surface area contributed by atoms with Gasteiger partial charge in [0.05, 0.1) is 24.3 Å². The molecule has 3 aromatic rings. The number of benzene rings is 3. The summed E-state index contributed by atoms with van der Waals surface area (Å²) in [5, 5.41) is 0. The average molecular weight is 519 g/mol. The van der Waals surface area contributed by atoms with E-state index in [0.717, 1.165) is 0 Å². The van der Waals surface area contributed by atoms with Gasteiger partial charge in [-0.25, -0.2) is 9.59 Å². The van der Waals surface area contributed by atoms with Crippen molar-refractivity contribution in [3.63, 3.8) is 0 Å². The Morgan fingerprint density at radius 3 is 1.18 bits per heavy atom. The summed E-state index contributed by atoms with van der Waals surface area (Å²) in [5.74, 6) is 1.01. The van der Waals surface area contributed by atoms with Gasteiger partial charge in [0.2, 0.25) is 0 Å². The number of rotatable bonds is 10. The Bertz CT molecular complexity index is 1190. The third kappa shape index (κ3) is 5.98. The molecule has 2 saturated heterocycles. The molecule has 8 nitrogen and oxygen atoms in total. The van der Waals surface area contributed by atoms with Gasteiger partial charge < -0.3 is 28.4 Å². The highest BCUT2D eigenvalue weighted by molar-refractivity contribution is 5.94. The van der Waals surface area contributed by atoms with E-state index in [0.29, 0.717) is 47.3 Å². The predicted molar refractivity (Wildman–Crippen MR) is 138 cm³/mol. The Morgan fingerprint density at radius 2 is 0.895 bits per heavy atom. The minimum Gasteiger partial charge on any atom is -0.488 e. The van der Waals surface area contributed by atoms with Crippen molar-refractivity contribution in [2.45, 2.75) is 51.1 Å². The van der Waals surface area contributed by atoms with E-state index in [9.17, 15) is 9.59 Å². The smallest absolute Gasteiger partial charge is 0.343 e. The number of hydrogen-bond donors (Lipinski definition) is 0. The summed E-state index contributed by atoms with van der Waals surface area (Å²) in [7, 11) is 0. The standard InChI is InChI=1S/C30H30O8/c1-19(29(3)17-33-29)35-23-9-13-25(14-10-23)37-27(31)21-5-7-22(8-6-21)28(32)38-26-15-11-24(12-16-26)36-20(2)30(4)18-34-30/h5-16,19-20H,17-18H2,1-4H3. The van der Waals surface area contributed by atoms with Crippen LogP contribution in [0, 0.1) is 0 Å². The molecule has 8 heteroatoms. The normalized spacial score (nSPS) is 23.1. The Kier molecular flexibility index (Phi) is 6.86. The lowest BCUT2D eigenvalue weighted by Crippen LogP contribution is -2.29. The third-order valence-electron chi connectivity index (χ3n) is 6.97. The van der Waals surface area contributed by atoms with Gasteiger partial charge in [-0.1, -0.05) is 0 Å². The minimum absolute atomic E-state index is 0.0884. The molecule has 0 aromatic heterocycles. The molecule has 2 aliphatic rings. The van der Waals surface area contributed by atoms with Crippen molar-refractivity contribution in [3.8, 4) is 23.0 Å². The van der Waals surface area contributed by atoms with Gasteiger partial charge in [-0.15, -0.1) is 0 Å². The van der Waals surface area contributed by atoms with Gasteiger partial charge >= 0.3 is 11.9 Å². The van der Waals surface area contributed by atoms with Gasteiger partial charge in [0, 0.05) is 0 Å². The lowest BCUT2D eigenvalue weighted by molar-refractivity contribution is 0.0720. The first kappa shape index (κ1) is 25.8. The lowest BCUT2D eigenvalue weighted by Gasteiger charge is -2.18. The summed E-state index contributed by atoms with van der Waals surface area (Å²) in [4.78, 5) is 25.1. The molecule has 2 heterocycles. The number of esters is 2. The van der Waals surface area contributed by atoms with Crippen molar-refractivity contribution in [1.82, 2.24) is 0 Å². The molecule has 0 bridgehead atoms. The number of ether oxygens (including phenoxy) is 6. The molecule has 3 aromatic carbocycles. The van der Waals surface area contributed by atoms with E-state index in [1.165, 1.54) is 24.3 Å². The highest BCUT2D eigenvalue weighted by Gasteiger charge is 2.47. The maximum absolute atomic E-state index is 12.6. The van der Waals surface area contributed by atoms with Crippen LogP contribution in [0.5, 0.6) is 23.0 Å². The van der Waals surface area contributed by atoms with Gasteiger partial charge in [-0.3, -0.25) is 0 Å². The molecule has 0 amide bonds. The fraction of sp³-hybridized carbons (Fsp3) is 0.333. The summed E-state index contributed by atoms with van der Waals surface area (Å²) in [6.45, 7) is 9.27. The van der Waals surface area contributed by atoms with E-state index in [2.05, 4.69) is 0 Å². The van der Waals surface area contributed by atoms with Crippen LogP contribution in [0.15, 0.2) is 72.8 Å². The Morgan fingerprint density at radius 1 is 0.605 bits per heavy atom. The van der Waals surface area contributed by atoms with Crippen molar-refractivity contribution in [2.24, 2.45) is 0 Å². The fourth-order valence-electron chi connectivity index (χ4n) is 3.60. The molecule has 198 valence electrons. The zero-order valence-corrected chi connectivity index (χ0v) is 21.8. The van der Waals surface area contributed by atoms with E-state index < -0.39 is 11.9 Å². The lowest BCUT2D eigenvalue weighted by atomic mass is 10.1. The van der Waals surface area contributed by atoms with Crippen LogP contribution in [-0.2, 0) is 9.47 Å². The van der Waals surface area contributed by atoms with Crippen molar-refractivity contribution < 1.29 is 38.0 Å². The molecule has 2 aliphatic heterocycles. The second-order valence-electron chi connectivity index (χ2n) is 10.0. The van der Waals surface area contributed by atoms with Gasteiger partial charge in [-0.05, 0) is 100 Å². The second-order valence-corrected chi connectivity index (χ2v) is 10.0. The van der Waals surface area contributed by atoms with E-state index in [4.69, 9.17) is 28.4 Å². The zero-order valence-electron chi connectivity index (χ0n) is 21.8. The molecule has 0 aliphatic carbocycles. The summed E-state index contributed by atoms with van der Waals surface area (Å²) in [6, 6.07) is 19.7. The van der Waals surface area contributed by atoms with E-state index in [1.807, 2.05) is 27.7 Å². The molecule has 2 fully saturated rings. The predicted octanol–water partition coefficient (Wildman–Crippen LogP) is 5.24. The van der Waals surface area contributed by atoms with Crippen molar-refractivity contribution >= 4 is 11.9 Å². The monoisotopic (exact) mass is 518 g/mol. The number of epoxide rings is 2. The maximum atomic E-state index is 12.6. The quantitative estimate of drug-likeness (QED) is 0.204. The topological polar surface area (TPSA) is 96.1 Å². The van der Waals surface area contributed by atoms with Crippen LogP contribution in [0.2, 0.25) is 0 Å². The number of carbonyl (C=O) groups excluding carboxylic acids is 2.